The van der Waals surface area contributed by atoms with Gasteiger partial charge in [0, 0.05) is 22.7 Å². The summed E-state index contributed by atoms with van der Waals surface area (Å²) >= 11 is 0. The maximum absolute atomic E-state index is 5.17. The average molecular weight is 508 g/mol. The molecule has 0 bridgehead atoms. The summed E-state index contributed by atoms with van der Waals surface area (Å²) in [6.07, 6.45) is 0. The Hall–Kier alpha value is -4.90. The van der Waals surface area contributed by atoms with Crippen molar-refractivity contribution in [2.45, 2.75) is 26.7 Å². The number of nitrogens with zero attached hydrogens (tertiary/aromatic N) is 5. The van der Waals surface area contributed by atoms with Crippen molar-refractivity contribution in [1.29, 1.82) is 0 Å². The molecule has 0 radical (unpaired) electrons. The number of fused-ring (bicyclic) bond motifs is 2. The van der Waals surface area contributed by atoms with Crippen LogP contribution < -0.4 is 4.90 Å². The molecule has 0 saturated carbocycles. The zero-order valence-corrected chi connectivity index (χ0v) is 22.3. The van der Waals surface area contributed by atoms with Crippen molar-refractivity contribution in [3.8, 4) is 11.4 Å². The van der Waals surface area contributed by atoms with Gasteiger partial charge in [0.05, 0.1) is 22.8 Å². The molecule has 5 heteroatoms. The van der Waals surface area contributed by atoms with Crippen LogP contribution in [0.3, 0.4) is 0 Å². The third kappa shape index (κ3) is 3.69. The molecule has 0 spiro atoms. The molecule has 0 aliphatic carbocycles. The van der Waals surface area contributed by atoms with E-state index in [1.54, 1.807) is 0 Å². The van der Waals surface area contributed by atoms with Gasteiger partial charge < -0.3 is 0 Å². The van der Waals surface area contributed by atoms with E-state index in [1.807, 2.05) is 12.1 Å². The van der Waals surface area contributed by atoms with Crippen LogP contribution >= 0.6 is 0 Å². The van der Waals surface area contributed by atoms with Crippen LogP contribution in [0.4, 0.5) is 17.3 Å². The highest BCUT2D eigenvalue weighted by Gasteiger charge is 2.42. The molecular formula is C34H29N5. The number of hydrogen-bond donors (Lipinski definition) is 0. The Morgan fingerprint density at radius 2 is 0.923 bits per heavy atom. The van der Waals surface area contributed by atoms with E-state index in [1.165, 1.54) is 22.3 Å². The third-order valence-electron chi connectivity index (χ3n) is 7.59. The normalized spacial score (nSPS) is 12.8. The smallest absolute Gasteiger partial charge is 0.147 e. The molecule has 4 aromatic carbocycles. The lowest BCUT2D eigenvalue weighted by molar-refractivity contribution is 0.821. The SMILES string of the molecule is Cc1ccc(N2c3c(c(C)nn3-c3ccccc3)C(c3ccccc3)c3c(C)nn(-c4ccccc4)c32)cc1. The molecule has 0 atom stereocenters. The molecule has 1 aliphatic heterocycles. The molecule has 7 rings (SSSR count). The summed E-state index contributed by atoms with van der Waals surface area (Å²) in [5.74, 6) is 2.08. The molecule has 0 amide bonds. The number of aryl methyl sites for hydroxylation is 3. The summed E-state index contributed by atoms with van der Waals surface area (Å²) in [5.41, 5.74) is 10.0. The van der Waals surface area contributed by atoms with Crippen LogP contribution in [0, 0.1) is 20.8 Å². The first-order chi connectivity index (χ1) is 19.1. The van der Waals surface area contributed by atoms with Crippen LogP contribution in [0.25, 0.3) is 11.4 Å². The summed E-state index contributed by atoms with van der Waals surface area (Å²) < 4.78 is 4.20. The Morgan fingerprint density at radius 3 is 1.38 bits per heavy atom. The first-order valence-electron chi connectivity index (χ1n) is 13.3. The monoisotopic (exact) mass is 507 g/mol. The number of hydrogen-bond acceptors (Lipinski definition) is 3. The molecule has 39 heavy (non-hydrogen) atoms. The summed E-state index contributed by atoms with van der Waals surface area (Å²) in [5, 5.41) is 10.3. The number of para-hydroxylation sites is 2. The molecule has 0 saturated heterocycles. The van der Waals surface area contributed by atoms with Crippen LogP contribution in [0.2, 0.25) is 0 Å². The van der Waals surface area contributed by atoms with Crippen molar-refractivity contribution in [1.82, 2.24) is 19.6 Å². The van der Waals surface area contributed by atoms with E-state index in [2.05, 4.69) is 138 Å². The van der Waals surface area contributed by atoms with Crippen molar-refractivity contribution in [3.05, 3.63) is 149 Å². The Morgan fingerprint density at radius 1 is 0.487 bits per heavy atom. The Labute approximate surface area is 228 Å². The lowest BCUT2D eigenvalue weighted by Gasteiger charge is -2.35. The summed E-state index contributed by atoms with van der Waals surface area (Å²) in [6, 6.07) is 40.3. The van der Waals surface area contributed by atoms with E-state index in [0.717, 1.165) is 40.1 Å². The molecule has 5 nitrogen and oxygen atoms in total. The highest BCUT2D eigenvalue weighted by atomic mass is 15.5. The van der Waals surface area contributed by atoms with Crippen LogP contribution in [0.15, 0.2) is 115 Å². The minimum Gasteiger partial charge on any atom is -0.278 e. The Balaban J connectivity index is 1.62. The van der Waals surface area contributed by atoms with Gasteiger partial charge in [0.2, 0.25) is 0 Å². The van der Waals surface area contributed by atoms with Gasteiger partial charge in [-0.25, -0.2) is 9.36 Å². The lowest BCUT2D eigenvalue weighted by atomic mass is 9.82. The summed E-state index contributed by atoms with van der Waals surface area (Å²) in [4.78, 5) is 2.35. The fourth-order valence-electron chi connectivity index (χ4n) is 5.82. The fraction of sp³-hybridized carbons (Fsp3) is 0.118. The van der Waals surface area contributed by atoms with Crippen molar-refractivity contribution in [2.24, 2.45) is 0 Å². The fourth-order valence-corrected chi connectivity index (χ4v) is 5.82. The van der Waals surface area contributed by atoms with Crippen LogP contribution in [-0.2, 0) is 0 Å². The van der Waals surface area contributed by atoms with E-state index in [4.69, 9.17) is 10.2 Å². The first-order valence-corrected chi connectivity index (χ1v) is 13.3. The van der Waals surface area contributed by atoms with E-state index < -0.39 is 0 Å². The van der Waals surface area contributed by atoms with Gasteiger partial charge in [-0.3, -0.25) is 4.90 Å². The minimum absolute atomic E-state index is 0.00665. The van der Waals surface area contributed by atoms with E-state index in [0.29, 0.717) is 0 Å². The lowest BCUT2D eigenvalue weighted by Crippen LogP contribution is -2.26. The highest BCUT2D eigenvalue weighted by molar-refractivity contribution is 5.85. The molecule has 0 fully saturated rings. The maximum atomic E-state index is 5.17. The van der Waals surface area contributed by atoms with Gasteiger partial charge in [-0.1, -0.05) is 84.4 Å². The number of aromatic nitrogens is 4. The zero-order chi connectivity index (χ0) is 26.5. The van der Waals surface area contributed by atoms with Crippen molar-refractivity contribution in [2.75, 3.05) is 4.90 Å². The predicted molar refractivity (Wildman–Crippen MR) is 157 cm³/mol. The summed E-state index contributed by atoms with van der Waals surface area (Å²) in [6.45, 7) is 6.38. The van der Waals surface area contributed by atoms with Crippen LogP contribution in [0.1, 0.15) is 39.6 Å². The largest absolute Gasteiger partial charge is 0.278 e. The van der Waals surface area contributed by atoms with Gasteiger partial charge >= 0.3 is 0 Å². The highest BCUT2D eigenvalue weighted by Crippen LogP contribution is 2.54. The van der Waals surface area contributed by atoms with Gasteiger partial charge in [-0.15, -0.1) is 0 Å². The average Bonchev–Trinajstić information content (AvgIpc) is 3.51. The molecular weight excluding hydrogens is 478 g/mol. The molecule has 0 unspecified atom stereocenters. The zero-order valence-electron chi connectivity index (χ0n) is 22.3. The first kappa shape index (κ1) is 23.2. The van der Waals surface area contributed by atoms with Crippen LogP contribution in [-0.4, -0.2) is 19.6 Å². The van der Waals surface area contributed by atoms with Gasteiger partial charge in [-0.2, -0.15) is 10.2 Å². The predicted octanol–water partition coefficient (Wildman–Crippen LogP) is 7.95. The maximum Gasteiger partial charge on any atom is 0.147 e. The van der Waals surface area contributed by atoms with Crippen molar-refractivity contribution in [3.63, 3.8) is 0 Å². The number of benzene rings is 4. The van der Waals surface area contributed by atoms with E-state index >= 15 is 0 Å². The van der Waals surface area contributed by atoms with Crippen molar-refractivity contribution >= 4 is 17.3 Å². The molecule has 0 N–H and O–H groups in total. The number of rotatable bonds is 4. The molecule has 1 aliphatic rings. The molecule has 6 aromatic rings. The molecule has 3 heterocycles. The second-order valence-electron chi connectivity index (χ2n) is 10.2. The van der Waals surface area contributed by atoms with E-state index in [-0.39, 0.29) is 5.92 Å². The topological polar surface area (TPSA) is 38.9 Å². The van der Waals surface area contributed by atoms with Crippen molar-refractivity contribution < 1.29 is 0 Å². The standard InChI is InChI=1S/C34H29N5/c1-23-19-21-27(22-20-23)37-33-30(24(2)35-38(33)28-15-9-5-10-16-28)32(26-13-7-4-8-14-26)31-25(3)36-39(34(31)37)29-17-11-6-12-18-29/h4-22,32H,1-3H3. The second-order valence-corrected chi connectivity index (χ2v) is 10.2. The molecule has 190 valence electrons. The summed E-state index contributed by atoms with van der Waals surface area (Å²) in [7, 11) is 0. The second kappa shape index (κ2) is 9.14. The van der Waals surface area contributed by atoms with Gasteiger partial charge in [0.25, 0.3) is 0 Å². The quantitative estimate of drug-likeness (QED) is 0.243. The van der Waals surface area contributed by atoms with E-state index in [9.17, 15) is 0 Å². The number of anilines is 3. The van der Waals surface area contributed by atoms with Crippen LogP contribution in [0.5, 0.6) is 0 Å². The van der Waals surface area contributed by atoms with Gasteiger partial charge in [0.15, 0.2) is 0 Å². The van der Waals surface area contributed by atoms with Gasteiger partial charge in [0.1, 0.15) is 11.6 Å². The third-order valence-corrected chi connectivity index (χ3v) is 7.59. The Bertz CT molecular complexity index is 1670. The van der Waals surface area contributed by atoms with Gasteiger partial charge in [-0.05, 0) is 62.7 Å². The minimum atomic E-state index is -0.00665. The molecule has 2 aromatic heterocycles. The Kier molecular flexibility index (Phi) is 5.44.